The summed E-state index contributed by atoms with van der Waals surface area (Å²) in [7, 11) is 0. The van der Waals surface area contributed by atoms with Crippen molar-refractivity contribution in [3.63, 3.8) is 0 Å². The van der Waals surface area contributed by atoms with E-state index in [9.17, 15) is 9.18 Å². The Morgan fingerprint density at radius 1 is 1.00 bits per heavy atom. The van der Waals surface area contributed by atoms with Gasteiger partial charge in [-0.15, -0.1) is 0 Å². The highest BCUT2D eigenvalue weighted by atomic mass is 19.1. The molecule has 2 aliphatic rings. The molecule has 0 spiro atoms. The molecular formula is C25H27FN6O. The minimum atomic E-state index is -0.493. The zero-order valence-electron chi connectivity index (χ0n) is 18.5. The summed E-state index contributed by atoms with van der Waals surface area (Å²) in [6, 6.07) is 9.96. The van der Waals surface area contributed by atoms with E-state index < -0.39 is 5.82 Å². The topological polar surface area (TPSA) is 74.2 Å². The summed E-state index contributed by atoms with van der Waals surface area (Å²) < 4.78 is 13.8. The van der Waals surface area contributed by atoms with Crippen molar-refractivity contribution in [1.82, 2.24) is 25.2 Å². The Hall–Kier alpha value is -3.39. The molecule has 7 nitrogen and oxygen atoms in total. The average molecular weight is 447 g/mol. The first kappa shape index (κ1) is 21.5. The first-order chi connectivity index (χ1) is 16.2. The first-order valence-corrected chi connectivity index (χ1v) is 11.5. The maximum Gasteiger partial charge on any atom is 0.254 e. The monoisotopic (exact) mass is 446 g/mol. The van der Waals surface area contributed by atoms with Crippen LogP contribution in [-0.2, 0) is 12.8 Å². The van der Waals surface area contributed by atoms with Crippen LogP contribution in [0.3, 0.4) is 0 Å². The van der Waals surface area contributed by atoms with E-state index in [0.29, 0.717) is 6.54 Å². The van der Waals surface area contributed by atoms with Crippen LogP contribution in [0.1, 0.15) is 28.0 Å². The number of piperazine rings is 1. The molecule has 1 N–H and O–H groups in total. The quantitative estimate of drug-likeness (QED) is 0.628. The molecule has 33 heavy (non-hydrogen) atoms. The van der Waals surface area contributed by atoms with Crippen LogP contribution >= 0.6 is 0 Å². The Morgan fingerprint density at radius 2 is 1.79 bits per heavy atom. The fourth-order valence-electron chi connectivity index (χ4n) is 4.56. The van der Waals surface area contributed by atoms with Crippen molar-refractivity contribution < 1.29 is 9.18 Å². The molecule has 1 saturated heterocycles. The zero-order valence-corrected chi connectivity index (χ0v) is 18.5. The maximum atomic E-state index is 13.8. The van der Waals surface area contributed by atoms with Gasteiger partial charge >= 0.3 is 0 Å². The molecule has 2 aromatic heterocycles. The Balaban J connectivity index is 1.20. The number of fused-ring (bicyclic) bond motifs is 1. The second-order valence-electron chi connectivity index (χ2n) is 8.45. The third-order valence-corrected chi connectivity index (χ3v) is 6.35. The van der Waals surface area contributed by atoms with Gasteiger partial charge in [-0.2, -0.15) is 0 Å². The molecule has 0 radical (unpaired) electrons. The number of rotatable bonds is 6. The largest absolute Gasteiger partial charge is 0.354 e. The molecule has 0 bridgehead atoms. The Labute approximate surface area is 192 Å². The molecule has 5 rings (SSSR count). The third-order valence-electron chi connectivity index (χ3n) is 6.35. The molecule has 3 aromatic rings. The second kappa shape index (κ2) is 9.62. The van der Waals surface area contributed by atoms with Gasteiger partial charge in [-0.3, -0.25) is 14.7 Å². The van der Waals surface area contributed by atoms with E-state index in [-0.39, 0.29) is 11.5 Å². The van der Waals surface area contributed by atoms with Crippen LogP contribution in [0.4, 0.5) is 10.2 Å². The fourth-order valence-corrected chi connectivity index (χ4v) is 4.56. The molecule has 170 valence electrons. The second-order valence-corrected chi connectivity index (χ2v) is 8.45. The van der Waals surface area contributed by atoms with E-state index >= 15 is 0 Å². The molecule has 1 aliphatic carbocycles. The summed E-state index contributed by atoms with van der Waals surface area (Å²) in [5.74, 6) is 0.974. The van der Waals surface area contributed by atoms with E-state index in [1.807, 2.05) is 12.1 Å². The molecule has 0 unspecified atom stereocenters. The lowest BCUT2D eigenvalue weighted by atomic mass is 10.1. The van der Waals surface area contributed by atoms with Gasteiger partial charge in [0.15, 0.2) is 5.82 Å². The molecule has 1 amide bonds. The van der Waals surface area contributed by atoms with E-state index in [1.165, 1.54) is 23.4 Å². The highest BCUT2D eigenvalue weighted by Crippen LogP contribution is 2.31. The van der Waals surface area contributed by atoms with E-state index in [0.717, 1.165) is 69.2 Å². The molecule has 8 heteroatoms. The lowest BCUT2D eigenvalue weighted by Gasteiger charge is -2.36. The van der Waals surface area contributed by atoms with Gasteiger partial charge < -0.3 is 10.2 Å². The number of nitrogens with one attached hydrogen (secondary N) is 1. The van der Waals surface area contributed by atoms with Crippen molar-refractivity contribution in [2.75, 3.05) is 44.2 Å². The van der Waals surface area contributed by atoms with Crippen molar-refractivity contribution in [3.05, 3.63) is 71.4 Å². The van der Waals surface area contributed by atoms with Crippen LogP contribution in [-0.4, -0.2) is 65.0 Å². The van der Waals surface area contributed by atoms with Gasteiger partial charge in [0.25, 0.3) is 5.91 Å². The summed E-state index contributed by atoms with van der Waals surface area (Å²) in [6.07, 6.45) is 6.71. The number of amides is 1. The van der Waals surface area contributed by atoms with Crippen LogP contribution in [0.25, 0.3) is 11.4 Å². The van der Waals surface area contributed by atoms with Gasteiger partial charge in [-0.25, -0.2) is 14.4 Å². The SMILES string of the molecule is O=C(NCCN1CCN(c2nc(-c3ccncc3)nc3c2CCC3)CC1)c1ccccc1F. The Morgan fingerprint density at radius 3 is 2.58 bits per heavy atom. The van der Waals surface area contributed by atoms with Crippen LogP contribution in [0.2, 0.25) is 0 Å². The van der Waals surface area contributed by atoms with E-state index in [4.69, 9.17) is 9.97 Å². The molecule has 3 heterocycles. The highest BCUT2D eigenvalue weighted by Gasteiger charge is 2.26. The minimum absolute atomic E-state index is 0.0879. The number of anilines is 1. The Bertz CT molecular complexity index is 1130. The van der Waals surface area contributed by atoms with E-state index in [2.05, 4.69) is 20.1 Å². The van der Waals surface area contributed by atoms with E-state index in [1.54, 1.807) is 24.5 Å². The van der Waals surface area contributed by atoms with Crippen molar-refractivity contribution in [1.29, 1.82) is 0 Å². The van der Waals surface area contributed by atoms with Gasteiger partial charge in [0, 0.05) is 68.5 Å². The first-order valence-electron chi connectivity index (χ1n) is 11.5. The average Bonchev–Trinajstić information content (AvgIpc) is 3.33. The summed E-state index contributed by atoms with van der Waals surface area (Å²) >= 11 is 0. The molecular weight excluding hydrogens is 419 g/mol. The van der Waals surface area contributed by atoms with Crippen molar-refractivity contribution in [2.45, 2.75) is 19.3 Å². The van der Waals surface area contributed by atoms with Gasteiger partial charge in [0.1, 0.15) is 11.6 Å². The lowest BCUT2D eigenvalue weighted by molar-refractivity contribution is 0.0943. The summed E-state index contributed by atoms with van der Waals surface area (Å²) in [4.78, 5) is 30.8. The third kappa shape index (κ3) is 4.71. The molecule has 1 aliphatic heterocycles. The number of benzene rings is 1. The van der Waals surface area contributed by atoms with Gasteiger partial charge in [0.2, 0.25) is 0 Å². The highest BCUT2D eigenvalue weighted by molar-refractivity contribution is 5.94. The number of halogens is 1. The summed E-state index contributed by atoms with van der Waals surface area (Å²) in [5, 5.41) is 2.83. The number of carbonyl (C=O) groups is 1. The zero-order chi connectivity index (χ0) is 22.6. The number of nitrogens with zero attached hydrogens (tertiary/aromatic N) is 5. The normalized spacial score (nSPS) is 16.0. The molecule has 1 fully saturated rings. The van der Waals surface area contributed by atoms with Crippen LogP contribution < -0.4 is 10.2 Å². The molecule has 0 saturated carbocycles. The standard InChI is InChI=1S/C25H27FN6O/c26-21-6-2-1-4-19(21)25(33)28-12-13-31-14-16-32(17-15-31)24-20-5-3-7-22(20)29-23(30-24)18-8-10-27-11-9-18/h1-2,4,6,8-11H,3,5,7,12-17H2,(H,28,33). The van der Waals surface area contributed by atoms with Crippen LogP contribution in [0.5, 0.6) is 0 Å². The summed E-state index contributed by atoms with van der Waals surface area (Å²) in [6.45, 7) is 4.75. The minimum Gasteiger partial charge on any atom is -0.354 e. The number of hydrogen-bond donors (Lipinski definition) is 1. The predicted molar refractivity (Wildman–Crippen MR) is 125 cm³/mol. The number of pyridine rings is 1. The fraction of sp³-hybridized carbons (Fsp3) is 0.360. The number of carbonyl (C=O) groups excluding carboxylic acids is 1. The number of hydrogen-bond acceptors (Lipinski definition) is 6. The Kier molecular flexibility index (Phi) is 6.26. The van der Waals surface area contributed by atoms with Crippen molar-refractivity contribution in [2.24, 2.45) is 0 Å². The lowest BCUT2D eigenvalue weighted by Crippen LogP contribution is -2.49. The number of aryl methyl sites for hydroxylation is 1. The van der Waals surface area contributed by atoms with Gasteiger partial charge in [0.05, 0.1) is 5.56 Å². The summed E-state index contributed by atoms with van der Waals surface area (Å²) in [5.41, 5.74) is 3.54. The van der Waals surface area contributed by atoms with Crippen molar-refractivity contribution >= 4 is 11.7 Å². The maximum absolute atomic E-state index is 13.8. The van der Waals surface area contributed by atoms with Crippen molar-refractivity contribution in [3.8, 4) is 11.4 Å². The number of aromatic nitrogens is 3. The van der Waals surface area contributed by atoms with Gasteiger partial charge in [-0.1, -0.05) is 12.1 Å². The molecule has 0 atom stereocenters. The van der Waals surface area contributed by atoms with Gasteiger partial charge in [-0.05, 0) is 43.5 Å². The predicted octanol–water partition coefficient (Wildman–Crippen LogP) is 2.72. The molecule has 1 aromatic carbocycles. The van der Waals surface area contributed by atoms with Crippen LogP contribution in [0.15, 0.2) is 48.8 Å². The smallest absolute Gasteiger partial charge is 0.254 e. The van der Waals surface area contributed by atoms with Crippen LogP contribution in [0, 0.1) is 5.82 Å².